The van der Waals surface area contributed by atoms with Gasteiger partial charge in [0, 0.05) is 6.54 Å². The van der Waals surface area contributed by atoms with E-state index in [0.717, 1.165) is 31.8 Å². The molecule has 2 nitrogen and oxygen atoms in total. The van der Waals surface area contributed by atoms with Gasteiger partial charge in [-0.1, -0.05) is 40.5 Å². The maximum absolute atomic E-state index is 9.85. The normalized spacial score (nSPS) is 13.8. The third-order valence-corrected chi connectivity index (χ3v) is 3.08. The Bertz CT molecular complexity index is 132. The molecule has 0 aromatic carbocycles. The summed E-state index contributed by atoms with van der Waals surface area (Å²) < 4.78 is 0. The van der Waals surface area contributed by atoms with Crippen LogP contribution in [0.2, 0.25) is 0 Å². The van der Waals surface area contributed by atoms with Crippen LogP contribution in [0.1, 0.15) is 53.4 Å². The quantitative estimate of drug-likeness (QED) is 0.580. The van der Waals surface area contributed by atoms with Gasteiger partial charge in [0.05, 0.1) is 6.10 Å². The molecule has 2 N–H and O–H groups in total. The highest BCUT2D eigenvalue weighted by molar-refractivity contribution is 4.68. The molecule has 0 aliphatic carbocycles. The van der Waals surface area contributed by atoms with Gasteiger partial charge in [-0.05, 0) is 31.2 Å². The SMILES string of the molecule is CCC(CC)C(O)CNCCCC(C)C. The monoisotopic (exact) mass is 215 g/mol. The summed E-state index contributed by atoms with van der Waals surface area (Å²) in [7, 11) is 0. The zero-order valence-electron chi connectivity index (χ0n) is 10.9. The van der Waals surface area contributed by atoms with Crippen LogP contribution in [-0.4, -0.2) is 24.3 Å². The highest BCUT2D eigenvalue weighted by Gasteiger charge is 2.14. The first-order valence-electron chi connectivity index (χ1n) is 6.50. The summed E-state index contributed by atoms with van der Waals surface area (Å²) in [5, 5.41) is 13.2. The van der Waals surface area contributed by atoms with E-state index < -0.39 is 0 Å². The van der Waals surface area contributed by atoms with Gasteiger partial charge in [-0.25, -0.2) is 0 Å². The molecule has 0 bridgehead atoms. The third kappa shape index (κ3) is 7.80. The molecular formula is C13H29NO. The Morgan fingerprint density at radius 3 is 2.20 bits per heavy atom. The van der Waals surface area contributed by atoms with Gasteiger partial charge < -0.3 is 10.4 Å². The number of rotatable bonds is 9. The maximum Gasteiger partial charge on any atom is 0.0692 e. The second-order valence-corrected chi connectivity index (χ2v) is 4.88. The highest BCUT2D eigenvalue weighted by Crippen LogP contribution is 2.12. The van der Waals surface area contributed by atoms with E-state index in [1.807, 2.05) is 0 Å². The molecule has 0 amide bonds. The molecule has 2 heteroatoms. The van der Waals surface area contributed by atoms with Crippen molar-refractivity contribution in [1.82, 2.24) is 5.32 Å². The van der Waals surface area contributed by atoms with Gasteiger partial charge in [0.2, 0.25) is 0 Å². The van der Waals surface area contributed by atoms with Crippen molar-refractivity contribution in [3.8, 4) is 0 Å². The fourth-order valence-corrected chi connectivity index (χ4v) is 1.88. The second-order valence-electron chi connectivity index (χ2n) is 4.88. The lowest BCUT2D eigenvalue weighted by Crippen LogP contribution is -2.33. The standard InChI is InChI=1S/C13H29NO/c1-5-12(6-2)13(15)10-14-9-7-8-11(3)4/h11-15H,5-10H2,1-4H3. The Balaban J connectivity index is 3.41. The predicted molar refractivity (Wildman–Crippen MR) is 67.0 cm³/mol. The third-order valence-electron chi connectivity index (χ3n) is 3.08. The lowest BCUT2D eigenvalue weighted by Gasteiger charge is -2.20. The predicted octanol–water partition coefficient (Wildman–Crippen LogP) is 2.81. The molecule has 0 aliphatic rings. The minimum absolute atomic E-state index is 0.168. The molecule has 92 valence electrons. The Morgan fingerprint density at radius 1 is 1.13 bits per heavy atom. The first-order chi connectivity index (χ1) is 7.11. The van der Waals surface area contributed by atoms with Crippen molar-refractivity contribution in [2.24, 2.45) is 11.8 Å². The first-order valence-corrected chi connectivity index (χ1v) is 6.50. The summed E-state index contributed by atoms with van der Waals surface area (Å²) >= 11 is 0. The van der Waals surface area contributed by atoms with Crippen LogP contribution in [0.15, 0.2) is 0 Å². The van der Waals surface area contributed by atoms with Gasteiger partial charge in [-0.3, -0.25) is 0 Å². The van der Waals surface area contributed by atoms with Crippen molar-refractivity contribution in [2.75, 3.05) is 13.1 Å². The van der Waals surface area contributed by atoms with Crippen LogP contribution >= 0.6 is 0 Å². The van der Waals surface area contributed by atoms with Crippen LogP contribution in [0.25, 0.3) is 0 Å². The Hall–Kier alpha value is -0.0800. The summed E-state index contributed by atoms with van der Waals surface area (Å²) in [5.41, 5.74) is 0. The summed E-state index contributed by atoms with van der Waals surface area (Å²) in [6.45, 7) is 10.6. The van der Waals surface area contributed by atoms with Crippen molar-refractivity contribution in [3.63, 3.8) is 0 Å². The molecule has 0 rings (SSSR count). The Kier molecular flexibility index (Phi) is 9.12. The average Bonchev–Trinajstić information content (AvgIpc) is 2.18. The number of aliphatic hydroxyl groups is 1. The van der Waals surface area contributed by atoms with Gasteiger partial charge in [0.25, 0.3) is 0 Å². The number of hydrogen-bond donors (Lipinski definition) is 2. The summed E-state index contributed by atoms with van der Waals surface area (Å²) in [4.78, 5) is 0. The average molecular weight is 215 g/mol. The van der Waals surface area contributed by atoms with Crippen molar-refractivity contribution >= 4 is 0 Å². The Labute approximate surface area is 95.5 Å². The largest absolute Gasteiger partial charge is 0.392 e. The first kappa shape index (κ1) is 14.9. The highest BCUT2D eigenvalue weighted by atomic mass is 16.3. The number of nitrogens with one attached hydrogen (secondary N) is 1. The van der Waals surface area contributed by atoms with Gasteiger partial charge in [-0.2, -0.15) is 0 Å². The van der Waals surface area contributed by atoms with Crippen LogP contribution in [0.4, 0.5) is 0 Å². The van der Waals surface area contributed by atoms with Crippen molar-refractivity contribution < 1.29 is 5.11 Å². The Morgan fingerprint density at radius 2 is 1.73 bits per heavy atom. The van der Waals surface area contributed by atoms with Crippen LogP contribution < -0.4 is 5.32 Å². The minimum atomic E-state index is -0.168. The van der Waals surface area contributed by atoms with Crippen molar-refractivity contribution in [1.29, 1.82) is 0 Å². The van der Waals surface area contributed by atoms with E-state index in [9.17, 15) is 5.11 Å². The molecule has 0 fully saturated rings. The molecule has 0 radical (unpaired) electrons. The smallest absolute Gasteiger partial charge is 0.0692 e. The molecule has 0 aliphatic heterocycles. The molecule has 0 heterocycles. The van der Waals surface area contributed by atoms with E-state index in [-0.39, 0.29) is 6.10 Å². The zero-order valence-corrected chi connectivity index (χ0v) is 10.9. The van der Waals surface area contributed by atoms with Crippen LogP contribution in [0, 0.1) is 11.8 Å². The molecule has 0 saturated heterocycles. The van der Waals surface area contributed by atoms with Crippen LogP contribution in [0.3, 0.4) is 0 Å². The number of hydrogen-bond acceptors (Lipinski definition) is 2. The lowest BCUT2D eigenvalue weighted by atomic mass is 9.96. The van der Waals surface area contributed by atoms with Gasteiger partial charge in [0.1, 0.15) is 0 Å². The fraction of sp³-hybridized carbons (Fsp3) is 1.00. The maximum atomic E-state index is 9.85. The minimum Gasteiger partial charge on any atom is -0.392 e. The van der Waals surface area contributed by atoms with E-state index in [4.69, 9.17) is 0 Å². The van der Waals surface area contributed by atoms with Crippen LogP contribution in [-0.2, 0) is 0 Å². The number of aliphatic hydroxyl groups excluding tert-OH is 1. The van der Waals surface area contributed by atoms with Gasteiger partial charge in [0.15, 0.2) is 0 Å². The van der Waals surface area contributed by atoms with E-state index in [1.165, 1.54) is 12.8 Å². The van der Waals surface area contributed by atoms with E-state index in [2.05, 4.69) is 33.0 Å². The molecular weight excluding hydrogens is 186 g/mol. The van der Waals surface area contributed by atoms with E-state index in [0.29, 0.717) is 5.92 Å². The molecule has 1 atom stereocenters. The summed E-state index contributed by atoms with van der Waals surface area (Å²) in [6, 6.07) is 0. The molecule has 15 heavy (non-hydrogen) atoms. The topological polar surface area (TPSA) is 32.3 Å². The molecule has 1 unspecified atom stereocenters. The van der Waals surface area contributed by atoms with E-state index >= 15 is 0 Å². The fourth-order valence-electron chi connectivity index (χ4n) is 1.88. The van der Waals surface area contributed by atoms with Crippen molar-refractivity contribution in [2.45, 2.75) is 59.5 Å². The molecule has 0 saturated carbocycles. The molecule has 0 aromatic rings. The summed E-state index contributed by atoms with van der Waals surface area (Å²) in [5.74, 6) is 1.25. The van der Waals surface area contributed by atoms with Crippen molar-refractivity contribution in [3.05, 3.63) is 0 Å². The molecule has 0 aromatic heterocycles. The zero-order chi connectivity index (χ0) is 11.7. The van der Waals surface area contributed by atoms with Crippen LogP contribution in [0.5, 0.6) is 0 Å². The van der Waals surface area contributed by atoms with Gasteiger partial charge in [-0.15, -0.1) is 0 Å². The van der Waals surface area contributed by atoms with E-state index in [1.54, 1.807) is 0 Å². The summed E-state index contributed by atoms with van der Waals surface area (Å²) in [6.07, 6.45) is 4.47. The lowest BCUT2D eigenvalue weighted by molar-refractivity contribution is 0.101. The second kappa shape index (κ2) is 9.17. The van der Waals surface area contributed by atoms with Gasteiger partial charge >= 0.3 is 0 Å². The molecule has 0 spiro atoms.